The highest BCUT2D eigenvalue weighted by Crippen LogP contribution is 2.24. The van der Waals surface area contributed by atoms with Crippen LogP contribution in [0.5, 0.6) is 5.88 Å². The fraction of sp³-hybridized carbons (Fsp3) is 0.125. The van der Waals surface area contributed by atoms with Crippen LogP contribution in [0.25, 0.3) is 5.69 Å². The fourth-order valence-corrected chi connectivity index (χ4v) is 2.25. The minimum atomic E-state index is 0.298. The summed E-state index contributed by atoms with van der Waals surface area (Å²) in [5.74, 6) is 0.657. The summed E-state index contributed by atoms with van der Waals surface area (Å²) in [5.41, 5.74) is 2.98. The first kappa shape index (κ1) is 15.8. The van der Waals surface area contributed by atoms with Crippen LogP contribution in [0.1, 0.15) is 11.3 Å². The molecule has 1 N–H and O–H groups in total. The highest BCUT2D eigenvalue weighted by atomic mass is 35.5. The number of halogens is 1. The summed E-state index contributed by atoms with van der Waals surface area (Å²) in [6.07, 6.45) is 3.29. The van der Waals surface area contributed by atoms with Crippen molar-refractivity contribution in [2.24, 2.45) is 0 Å². The van der Waals surface area contributed by atoms with Crippen molar-refractivity contribution in [2.45, 2.75) is 6.92 Å². The summed E-state index contributed by atoms with van der Waals surface area (Å²) in [6, 6.07) is 9.23. The summed E-state index contributed by atoms with van der Waals surface area (Å²) in [4.78, 5) is 8.30. The number of nitriles is 1. The Morgan fingerprint density at radius 2 is 2.04 bits per heavy atom. The fourth-order valence-electron chi connectivity index (χ4n) is 2.08. The summed E-state index contributed by atoms with van der Waals surface area (Å²) in [6.45, 7) is 1.87. The van der Waals surface area contributed by atoms with Crippen LogP contribution >= 0.6 is 11.6 Å². The maximum Gasteiger partial charge on any atom is 0.237 e. The number of rotatable bonds is 4. The molecular weight excluding hydrogens is 328 g/mol. The van der Waals surface area contributed by atoms with Crippen LogP contribution in [0.4, 0.5) is 11.6 Å². The highest BCUT2D eigenvalue weighted by molar-refractivity contribution is 6.31. The van der Waals surface area contributed by atoms with Crippen LogP contribution < -0.4 is 10.1 Å². The molecule has 0 unspecified atom stereocenters. The van der Waals surface area contributed by atoms with E-state index in [1.807, 2.05) is 25.3 Å². The van der Waals surface area contributed by atoms with Gasteiger partial charge in [0, 0.05) is 0 Å². The predicted octanol–water partition coefficient (Wildman–Crippen LogP) is 3.25. The Kier molecular flexibility index (Phi) is 4.31. The van der Waals surface area contributed by atoms with Gasteiger partial charge in [0.1, 0.15) is 5.02 Å². The third kappa shape index (κ3) is 3.14. The standard InChI is InChI=1S/C16H13ClN6O/c1-10-14(20-16-19-8-13(17)15(21-16)24-2)9-23(22-10)12-5-3-11(7-18)4-6-12/h3-6,8-9H,1-2H3,(H,19,20,21). The van der Waals surface area contributed by atoms with E-state index in [1.54, 1.807) is 16.8 Å². The monoisotopic (exact) mass is 340 g/mol. The largest absolute Gasteiger partial charge is 0.480 e. The van der Waals surface area contributed by atoms with E-state index >= 15 is 0 Å². The van der Waals surface area contributed by atoms with Gasteiger partial charge in [-0.2, -0.15) is 15.3 Å². The van der Waals surface area contributed by atoms with Gasteiger partial charge in [0.2, 0.25) is 11.8 Å². The summed E-state index contributed by atoms with van der Waals surface area (Å²) in [5, 5.41) is 16.7. The van der Waals surface area contributed by atoms with Crippen molar-refractivity contribution in [3.05, 3.63) is 52.9 Å². The van der Waals surface area contributed by atoms with E-state index in [1.165, 1.54) is 13.3 Å². The van der Waals surface area contributed by atoms with Gasteiger partial charge in [-0.05, 0) is 31.2 Å². The lowest BCUT2D eigenvalue weighted by molar-refractivity contribution is 0.398. The van der Waals surface area contributed by atoms with E-state index in [4.69, 9.17) is 21.6 Å². The molecule has 0 aliphatic heterocycles. The van der Waals surface area contributed by atoms with Gasteiger partial charge in [0.25, 0.3) is 0 Å². The first-order valence-corrected chi connectivity index (χ1v) is 7.39. The van der Waals surface area contributed by atoms with Crippen molar-refractivity contribution in [2.75, 3.05) is 12.4 Å². The summed E-state index contributed by atoms with van der Waals surface area (Å²) in [7, 11) is 1.49. The third-order valence-electron chi connectivity index (χ3n) is 3.31. The van der Waals surface area contributed by atoms with Gasteiger partial charge in [-0.1, -0.05) is 11.6 Å². The third-order valence-corrected chi connectivity index (χ3v) is 3.57. The zero-order valence-electron chi connectivity index (χ0n) is 13.0. The Bertz CT molecular complexity index is 913. The normalized spacial score (nSPS) is 10.2. The quantitative estimate of drug-likeness (QED) is 0.784. The van der Waals surface area contributed by atoms with Crippen LogP contribution in [-0.2, 0) is 0 Å². The molecule has 0 fully saturated rings. The molecule has 3 aromatic rings. The minimum Gasteiger partial charge on any atom is -0.480 e. The number of benzene rings is 1. The summed E-state index contributed by atoms with van der Waals surface area (Å²) >= 11 is 5.92. The number of nitrogens with zero attached hydrogens (tertiary/aromatic N) is 5. The molecule has 0 bridgehead atoms. The van der Waals surface area contributed by atoms with Gasteiger partial charge in [-0.15, -0.1) is 0 Å². The number of aromatic nitrogens is 4. The molecule has 3 rings (SSSR count). The number of aryl methyl sites for hydroxylation is 1. The Hall–Kier alpha value is -3.11. The Balaban J connectivity index is 1.87. The van der Waals surface area contributed by atoms with E-state index in [0.717, 1.165) is 17.1 Å². The molecule has 7 nitrogen and oxygen atoms in total. The van der Waals surface area contributed by atoms with Crippen LogP contribution in [0.2, 0.25) is 5.02 Å². The lowest BCUT2D eigenvalue weighted by atomic mass is 10.2. The number of anilines is 2. The molecule has 2 aromatic heterocycles. The second-order valence-electron chi connectivity index (χ2n) is 4.91. The molecule has 24 heavy (non-hydrogen) atoms. The molecule has 0 saturated carbocycles. The van der Waals surface area contributed by atoms with Crippen molar-refractivity contribution in [3.8, 4) is 17.6 Å². The predicted molar refractivity (Wildman–Crippen MR) is 89.9 cm³/mol. The van der Waals surface area contributed by atoms with E-state index in [-0.39, 0.29) is 0 Å². The smallest absolute Gasteiger partial charge is 0.237 e. The Morgan fingerprint density at radius 3 is 2.71 bits per heavy atom. The Labute approximate surface area is 143 Å². The van der Waals surface area contributed by atoms with E-state index in [0.29, 0.717) is 22.4 Å². The maximum absolute atomic E-state index is 8.86. The zero-order chi connectivity index (χ0) is 17.1. The van der Waals surface area contributed by atoms with Crippen LogP contribution in [-0.4, -0.2) is 26.9 Å². The minimum absolute atomic E-state index is 0.298. The number of methoxy groups -OCH3 is 1. The van der Waals surface area contributed by atoms with E-state index in [2.05, 4.69) is 26.5 Å². The van der Waals surface area contributed by atoms with Gasteiger partial charge < -0.3 is 10.1 Å². The maximum atomic E-state index is 8.86. The molecule has 0 atom stereocenters. The molecule has 0 amide bonds. The molecule has 0 radical (unpaired) electrons. The topological polar surface area (TPSA) is 88.6 Å². The van der Waals surface area contributed by atoms with Gasteiger partial charge in [-0.25, -0.2) is 9.67 Å². The average Bonchev–Trinajstić information content (AvgIpc) is 2.97. The highest BCUT2D eigenvalue weighted by Gasteiger charge is 2.10. The number of hydrogen-bond donors (Lipinski definition) is 1. The lowest BCUT2D eigenvalue weighted by Gasteiger charge is -2.05. The number of nitrogens with one attached hydrogen (secondary N) is 1. The van der Waals surface area contributed by atoms with Crippen molar-refractivity contribution in [1.82, 2.24) is 19.7 Å². The molecule has 1 aromatic carbocycles. The SMILES string of the molecule is COc1nc(Nc2cn(-c3ccc(C#N)cc3)nc2C)ncc1Cl. The molecule has 120 valence electrons. The van der Waals surface area contributed by atoms with E-state index in [9.17, 15) is 0 Å². The molecular formula is C16H13ClN6O. The van der Waals surface area contributed by atoms with Crippen molar-refractivity contribution >= 4 is 23.2 Å². The second-order valence-corrected chi connectivity index (χ2v) is 5.31. The zero-order valence-corrected chi connectivity index (χ0v) is 13.7. The lowest BCUT2D eigenvalue weighted by Crippen LogP contribution is -1.99. The van der Waals surface area contributed by atoms with Crippen molar-refractivity contribution in [1.29, 1.82) is 5.26 Å². The molecule has 0 saturated heterocycles. The van der Waals surface area contributed by atoms with Crippen molar-refractivity contribution in [3.63, 3.8) is 0 Å². The molecule has 0 aliphatic carbocycles. The van der Waals surface area contributed by atoms with Crippen LogP contribution in [0.15, 0.2) is 36.7 Å². The van der Waals surface area contributed by atoms with Crippen LogP contribution in [0.3, 0.4) is 0 Å². The second kappa shape index (κ2) is 6.56. The average molecular weight is 341 g/mol. The number of ether oxygens (including phenoxy) is 1. The summed E-state index contributed by atoms with van der Waals surface area (Å²) < 4.78 is 6.79. The molecule has 0 spiro atoms. The first-order chi connectivity index (χ1) is 11.6. The van der Waals surface area contributed by atoms with Gasteiger partial charge in [-0.3, -0.25) is 0 Å². The Morgan fingerprint density at radius 1 is 1.29 bits per heavy atom. The molecule has 2 heterocycles. The van der Waals surface area contributed by atoms with Crippen molar-refractivity contribution < 1.29 is 4.74 Å². The van der Waals surface area contributed by atoms with Gasteiger partial charge in [0.05, 0.1) is 48.2 Å². The molecule has 0 aliphatic rings. The first-order valence-electron chi connectivity index (χ1n) is 7.01. The molecule has 8 heteroatoms. The number of hydrogen-bond acceptors (Lipinski definition) is 6. The van der Waals surface area contributed by atoms with Gasteiger partial charge >= 0.3 is 0 Å². The van der Waals surface area contributed by atoms with E-state index < -0.39 is 0 Å². The van der Waals surface area contributed by atoms with Crippen LogP contribution in [0, 0.1) is 18.3 Å². The van der Waals surface area contributed by atoms with Gasteiger partial charge in [0.15, 0.2) is 0 Å².